The van der Waals surface area contributed by atoms with Gasteiger partial charge >= 0.3 is 0 Å². The molecule has 6 rings (SSSR count). The molecule has 0 radical (unpaired) electrons. The summed E-state index contributed by atoms with van der Waals surface area (Å²) in [7, 11) is 0. The summed E-state index contributed by atoms with van der Waals surface area (Å²) < 4.78 is 17.1. The van der Waals surface area contributed by atoms with Crippen LogP contribution in [-0.4, -0.2) is 41.9 Å². The van der Waals surface area contributed by atoms with Gasteiger partial charge in [-0.1, -0.05) is 23.7 Å². The molecule has 8 nitrogen and oxygen atoms in total. The average Bonchev–Trinajstić information content (AvgIpc) is 3.28. The first-order valence-electron chi connectivity index (χ1n) is 10.8. The first-order valence-corrected chi connectivity index (χ1v) is 11.2. The van der Waals surface area contributed by atoms with Crippen molar-refractivity contribution in [2.45, 2.75) is 37.5 Å². The largest absolute Gasteiger partial charge is 0.390 e. The zero-order valence-corrected chi connectivity index (χ0v) is 18.2. The Morgan fingerprint density at radius 1 is 1.18 bits per heavy atom. The number of hydrogen-bond donors (Lipinski definition) is 4. The van der Waals surface area contributed by atoms with E-state index in [-0.39, 0.29) is 28.3 Å². The smallest absolute Gasteiger partial charge is 0.152 e. The molecule has 0 aliphatic heterocycles. The monoisotopic (exact) mass is 468 g/mol. The SMILES string of the molecule is Nc1nc2c(F)c(CC[C@]34C[C@@H]3[C@@H](n3ccc5c(N)ncnc53)[C@H](O)[C@@H]4O)ccc2cc1Cl. The highest BCUT2D eigenvalue weighted by molar-refractivity contribution is 6.33. The lowest BCUT2D eigenvalue weighted by Crippen LogP contribution is -2.34. The Kier molecular flexibility index (Phi) is 4.36. The predicted octanol–water partition coefficient (Wildman–Crippen LogP) is 2.85. The number of hydrogen-bond acceptors (Lipinski definition) is 7. The maximum atomic E-state index is 15.2. The first-order chi connectivity index (χ1) is 15.8. The molecule has 3 aromatic heterocycles. The second-order valence-corrected chi connectivity index (χ2v) is 9.56. The highest BCUT2D eigenvalue weighted by Gasteiger charge is 2.70. The third-order valence-corrected chi connectivity index (χ3v) is 7.86. The van der Waals surface area contributed by atoms with Gasteiger partial charge in [0, 0.05) is 17.0 Å². The van der Waals surface area contributed by atoms with Gasteiger partial charge in [-0.05, 0) is 42.9 Å². The Labute approximate surface area is 193 Å². The van der Waals surface area contributed by atoms with Crippen LogP contribution in [0.15, 0.2) is 36.8 Å². The van der Waals surface area contributed by atoms with Gasteiger partial charge in [0.25, 0.3) is 0 Å². The van der Waals surface area contributed by atoms with Crippen molar-refractivity contribution in [3.05, 3.63) is 53.2 Å². The third-order valence-electron chi connectivity index (χ3n) is 7.56. The average molecular weight is 469 g/mol. The number of nitrogens with two attached hydrogens (primary N) is 2. The minimum Gasteiger partial charge on any atom is -0.390 e. The quantitative estimate of drug-likeness (QED) is 0.361. The maximum absolute atomic E-state index is 15.2. The van der Waals surface area contributed by atoms with Crippen LogP contribution in [0.3, 0.4) is 0 Å². The third kappa shape index (κ3) is 2.86. The first kappa shape index (κ1) is 20.6. The van der Waals surface area contributed by atoms with Gasteiger partial charge in [-0.3, -0.25) is 0 Å². The van der Waals surface area contributed by atoms with E-state index < -0.39 is 23.4 Å². The van der Waals surface area contributed by atoms with Crippen LogP contribution in [-0.2, 0) is 6.42 Å². The Balaban J connectivity index is 1.29. The summed E-state index contributed by atoms with van der Waals surface area (Å²) in [6.07, 6.45) is 3.03. The Morgan fingerprint density at radius 2 is 2.00 bits per heavy atom. The van der Waals surface area contributed by atoms with Crippen LogP contribution in [0.1, 0.15) is 24.4 Å². The molecule has 0 saturated heterocycles. The van der Waals surface area contributed by atoms with E-state index in [0.29, 0.717) is 40.6 Å². The van der Waals surface area contributed by atoms with Gasteiger partial charge in [0.1, 0.15) is 35.2 Å². The van der Waals surface area contributed by atoms with Gasteiger partial charge < -0.3 is 26.2 Å². The van der Waals surface area contributed by atoms with E-state index in [1.54, 1.807) is 18.2 Å². The normalized spacial score (nSPS) is 28.5. The molecular formula is C23H22ClFN6O2. The second-order valence-electron chi connectivity index (χ2n) is 9.15. The van der Waals surface area contributed by atoms with Crippen molar-refractivity contribution in [3.8, 4) is 0 Å². The van der Waals surface area contributed by atoms with Crippen LogP contribution in [0.5, 0.6) is 0 Å². The molecule has 3 heterocycles. The van der Waals surface area contributed by atoms with Crippen molar-refractivity contribution >= 4 is 45.2 Å². The van der Waals surface area contributed by atoms with Crippen LogP contribution in [0.25, 0.3) is 21.9 Å². The Hall–Kier alpha value is -3.01. The van der Waals surface area contributed by atoms with Crippen LogP contribution in [0.2, 0.25) is 5.02 Å². The molecule has 0 unspecified atom stereocenters. The van der Waals surface area contributed by atoms with Crippen LogP contribution in [0.4, 0.5) is 16.0 Å². The molecule has 170 valence electrons. The lowest BCUT2D eigenvalue weighted by atomic mass is 9.91. The molecule has 5 atom stereocenters. The summed E-state index contributed by atoms with van der Waals surface area (Å²) in [5, 5.41) is 23.5. The summed E-state index contributed by atoms with van der Waals surface area (Å²) in [6.45, 7) is 0. The van der Waals surface area contributed by atoms with E-state index in [4.69, 9.17) is 23.1 Å². The lowest BCUT2D eigenvalue weighted by Gasteiger charge is -2.24. The molecule has 0 bridgehead atoms. The van der Waals surface area contributed by atoms with E-state index in [9.17, 15) is 10.2 Å². The van der Waals surface area contributed by atoms with E-state index >= 15 is 4.39 Å². The van der Waals surface area contributed by atoms with Crippen LogP contribution < -0.4 is 11.5 Å². The van der Waals surface area contributed by atoms with Crippen molar-refractivity contribution < 1.29 is 14.6 Å². The number of fused-ring (bicyclic) bond motifs is 3. The van der Waals surface area contributed by atoms with Gasteiger partial charge in [0.15, 0.2) is 5.82 Å². The van der Waals surface area contributed by atoms with Gasteiger partial charge in [0.2, 0.25) is 0 Å². The number of nitrogens with zero attached hydrogens (tertiary/aromatic N) is 4. The number of aliphatic hydroxyl groups is 2. The summed E-state index contributed by atoms with van der Waals surface area (Å²) in [6, 6.07) is 6.57. The molecular weight excluding hydrogens is 447 g/mol. The number of halogens is 2. The summed E-state index contributed by atoms with van der Waals surface area (Å²) in [5.74, 6) is 0.0702. The van der Waals surface area contributed by atoms with Gasteiger partial charge in [-0.2, -0.15) is 0 Å². The molecule has 0 spiro atoms. The van der Waals surface area contributed by atoms with Crippen molar-refractivity contribution in [1.29, 1.82) is 0 Å². The molecule has 4 aromatic rings. The highest BCUT2D eigenvalue weighted by Crippen LogP contribution is 2.69. The minimum atomic E-state index is -0.958. The van der Waals surface area contributed by atoms with Crippen molar-refractivity contribution in [2.24, 2.45) is 11.3 Å². The lowest BCUT2D eigenvalue weighted by molar-refractivity contribution is -0.0192. The number of benzene rings is 1. The van der Waals surface area contributed by atoms with Crippen molar-refractivity contribution in [3.63, 3.8) is 0 Å². The number of aliphatic hydroxyl groups excluding tert-OH is 2. The van der Waals surface area contributed by atoms with E-state index in [1.807, 2.05) is 16.8 Å². The van der Waals surface area contributed by atoms with Gasteiger partial charge in [-0.15, -0.1) is 0 Å². The number of anilines is 2. The Bertz CT molecular complexity index is 1430. The number of aromatic nitrogens is 4. The summed E-state index contributed by atoms with van der Waals surface area (Å²) >= 11 is 6.00. The number of rotatable bonds is 4. The zero-order valence-electron chi connectivity index (χ0n) is 17.5. The van der Waals surface area contributed by atoms with Crippen LogP contribution in [0, 0.1) is 17.2 Å². The molecule has 2 aliphatic carbocycles. The minimum absolute atomic E-state index is 0.0467. The molecule has 1 aromatic carbocycles. The van der Waals surface area contributed by atoms with Crippen molar-refractivity contribution in [2.75, 3.05) is 11.5 Å². The fraction of sp³-hybridized carbons (Fsp3) is 0.348. The zero-order chi connectivity index (χ0) is 23.1. The standard InChI is InChI=1S/C23H22ClFN6O2/c24-14-7-11-2-1-10(15(25)16(11)30-21(14)27)3-5-23-8-13(23)17(18(32)19(23)33)31-6-4-12-20(26)28-9-29-22(12)31/h1-2,4,6-7,9,13,17-19,32-33H,3,5,8H2,(H2,27,30)(H2,26,28,29)/t13-,17-,18+,19+,23+/m1/s1. The second kappa shape index (κ2) is 6.99. The van der Waals surface area contributed by atoms with E-state index in [1.165, 1.54) is 6.33 Å². The number of pyridine rings is 1. The molecule has 10 heteroatoms. The molecule has 6 N–H and O–H groups in total. The summed E-state index contributed by atoms with van der Waals surface area (Å²) in [4.78, 5) is 12.5. The van der Waals surface area contributed by atoms with Gasteiger partial charge in [-0.25, -0.2) is 19.3 Å². The highest BCUT2D eigenvalue weighted by atomic mass is 35.5. The molecule has 2 saturated carbocycles. The number of nitrogen functional groups attached to an aromatic ring is 2. The molecule has 0 amide bonds. The number of aryl methyl sites for hydroxylation is 1. The predicted molar refractivity (Wildman–Crippen MR) is 123 cm³/mol. The van der Waals surface area contributed by atoms with Gasteiger partial charge in [0.05, 0.1) is 22.6 Å². The van der Waals surface area contributed by atoms with Crippen LogP contribution >= 0.6 is 11.6 Å². The maximum Gasteiger partial charge on any atom is 0.152 e. The fourth-order valence-electron chi connectivity index (χ4n) is 5.74. The summed E-state index contributed by atoms with van der Waals surface area (Å²) in [5.41, 5.74) is 12.5. The topological polar surface area (TPSA) is 136 Å². The van der Waals surface area contributed by atoms with Crippen molar-refractivity contribution in [1.82, 2.24) is 19.5 Å². The molecule has 2 fully saturated rings. The Morgan fingerprint density at radius 3 is 2.82 bits per heavy atom. The molecule has 2 aliphatic rings. The fourth-order valence-corrected chi connectivity index (χ4v) is 5.90. The molecule has 33 heavy (non-hydrogen) atoms. The van der Waals surface area contributed by atoms with E-state index in [0.717, 1.165) is 6.42 Å². The van der Waals surface area contributed by atoms with E-state index in [2.05, 4.69) is 15.0 Å².